The molecular weight excluding hydrogens is 462 g/mol. The number of halogens is 3. The standard InChI is InChI=1S/C24H25ClF2N6O/c1-34-20-7-6-18(27)22(25)21(20)16(8-26)17-10-29-24-23(17)32-19(11-30-24)13-9-31-33(12-13)15-4-2-14(28)3-5-15/h6-7,9-12,14-16H,2-5,8,28H2,1H3,(H,29,30)/t14?,15?,16-/m1/s1. The normalized spacial score (nSPS) is 19.4. The SMILES string of the molecule is COc1ccc(F)c(Cl)c1[C@H](CF)c1c[nH]c2ncc(-c3cnn(C4CCC(N)CC4)c3)nc12. The van der Waals surface area contributed by atoms with Crippen molar-refractivity contribution in [2.75, 3.05) is 13.8 Å². The van der Waals surface area contributed by atoms with E-state index in [-0.39, 0.29) is 16.6 Å². The number of aromatic nitrogens is 5. The summed E-state index contributed by atoms with van der Waals surface area (Å²) >= 11 is 6.24. The Balaban J connectivity index is 1.53. The van der Waals surface area contributed by atoms with Gasteiger partial charge in [0.2, 0.25) is 0 Å². The molecule has 1 aliphatic carbocycles. The van der Waals surface area contributed by atoms with Crippen molar-refractivity contribution < 1.29 is 13.5 Å². The average Bonchev–Trinajstić information content (AvgIpc) is 3.50. The van der Waals surface area contributed by atoms with Gasteiger partial charge in [0.15, 0.2) is 5.65 Å². The van der Waals surface area contributed by atoms with Crippen molar-refractivity contribution >= 4 is 22.8 Å². The van der Waals surface area contributed by atoms with Gasteiger partial charge in [0.1, 0.15) is 23.8 Å². The molecule has 0 bridgehead atoms. The lowest BCUT2D eigenvalue weighted by Gasteiger charge is -2.26. The molecule has 0 amide bonds. The summed E-state index contributed by atoms with van der Waals surface area (Å²) in [6.45, 7) is -0.819. The molecule has 4 aromatic rings. The second-order valence-corrected chi connectivity index (χ2v) is 9.04. The van der Waals surface area contributed by atoms with E-state index >= 15 is 0 Å². The Hall–Kier alpha value is -3.04. The fourth-order valence-electron chi connectivity index (χ4n) is 4.72. The number of methoxy groups -OCH3 is 1. The first kappa shape index (κ1) is 22.7. The Morgan fingerprint density at radius 3 is 2.79 bits per heavy atom. The van der Waals surface area contributed by atoms with Crippen LogP contribution in [0.5, 0.6) is 5.75 Å². The number of nitrogens with zero attached hydrogens (tertiary/aromatic N) is 4. The molecule has 3 aromatic heterocycles. The average molecular weight is 487 g/mol. The monoisotopic (exact) mass is 486 g/mol. The van der Waals surface area contributed by atoms with Crippen molar-refractivity contribution in [2.24, 2.45) is 5.73 Å². The van der Waals surface area contributed by atoms with E-state index in [1.165, 1.54) is 19.2 Å². The fraction of sp³-hybridized carbons (Fsp3) is 0.375. The van der Waals surface area contributed by atoms with Crippen LogP contribution in [0.1, 0.15) is 48.8 Å². The van der Waals surface area contributed by atoms with Gasteiger partial charge in [-0.25, -0.2) is 14.4 Å². The summed E-state index contributed by atoms with van der Waals surface area (Å²) in [5.41, 5.74) is 9.20. The van der Waals surface area contributed by atoms with Crippen LogP contribution in [0, 0.1) is 5.82 Å². The number of fused-ring (bicyclic) bond motifs is 1. The van der Waals surface area contributed by atoms with E-state index in [1.807, 2.05) is 10.9 Å². The summed E-state index contributed by atoms with van der Waals surface area (Å²) in [6.07, 6.45) is 10.9. The van der Waals surface area contributed by atoms with Gasteiger partial charge >= 0.3 is 0 Å². The van der Waals surface area contributed by atoms with Gasteiger partial charge in [-0.3, -0.25) is 9.07 Å². The smallest absolute Gasteiger partial charge is 0.156 e. The Bertz CT molecular complexity index is 1310. The first-order valence-corrected chi connectivity index (χ1v) is 11.6. The van der Waals surface area contributed by atoms with Crippen LogP contribution < -0.4 is 10.5 Å². The maximum Gasteiger partial charge on any atom is 0.156 e. The number of H-pyrrole nitrogens is 1. The van der Waals surface area contributed by atoms with Crippen LogP contribution in [0.3, 0.4) is 0 Å². The molecule has 5 rings (SSSR count). The zero-order chi connectivity index (χ0) is 23.8. The molecular formula is C24H25ClF2N6O. The maximum atomic E-state index is 14.4. The first-order chi connectivity index (χ1) is 16.5. The molecule has 10 heteroatoms. The molecule has 0 radical (unpaired) electrons. The third-order valence-electron chi connectivity index (χ3n) is 6.61. The zero-order valence-corrected chi connectivity index (χ0v) is 19.4. The largest absolute Gasteiger partial charge is 0.496 e. The lowest BCUT2D eigenvalue weighted by Crippen LogP contribution is -2.27. The molecule has 0 saturated heterocycles. The summed E-state index contributed by atoms with van der Waals surface area (Å²) in [7, 11) is 1.44. The van der Waals surface area contributed by atoms with Gasteiger partial charge in [-0.1, -0.05) is 11.6 Å². The van der Waals surface area contributed by atoms with E-state index in [9.17, 15) is 8.78 Å². The molecule has 1 atom stereocenters. The number of hydrogen-bond acceptors (Lipinski definition) is 5. The van der Waals surface area contributed by atoms with E-state index < -0.39 is 18.4 Å². The second kappa shape index (κ2) is 9.31. The molecule has 0 unspecified atom stereocenters. The molecule has 3 N–H and O–H groups in total. The lowest BCUT2D eigenvalue weighted by atomic mass is 9.92. The molecule has 1 saturated carbocycles. The van der Waals surface area contributed by atoms with Crippen LogP contribution in [-0.2, 0) is 0 Å². The predicted molar refractivity (Wildman–Crippen MR) is 126 cm³/mol. The third-order valence-corrected chi connectivity index (χ3v) is 7.00. The Morgan fingerprint density at radius 1 is 1.26 bits per heavy atom. The van der Waals surface area contributed by atoms with E-state index in [4.69, 9.17) is 27.1 Å². The number of rotatable bonds is 6. The summed E-state index contributed by atoms with van der Waals surface area (Å²) in [5, 5.41) is 4.37. The van der Waals surface area contributed by atoms with E-state index in [2.05, 4.69) is 15.1 Å². The quantitative estimate of drug-likeness (QED) is 0.392. The van der Waals surface area contributed by atoms with Crippen LogP contribution in [0.4, 0.5) is 8.78 Å². The van der Waals surface area contributed by atoms with Crippen molar-refractivity contribution in [2.45, 2.75) is 43.7 Å². The van der Waals surface area contributed by atoms with Crippen molar-refractivity contribution in [1.82, 2.24) is 24.7 Å². The van der Waals surface area contributed by atoms with Gasteiger partial charge in [0.05, 0.1) is 36.3 Å². The van der Waals surface area contributed by atoms with Crippen LogP contribution >= 0.6 is 11.6 Å². The minimum Gasteiger partial charge on any atom is -0.496 e. The number of aromatic amines is 1. The Morgan fingerprint density at radius 2 is 2.06 bits per heavy atom. The molecule has 7 nitrogen and oxygen atoms in total. The highest BCUT2D eigenvalue weighted by Gasteiger charge is 2.27. The molecule has 34 heavy (non-hydrogen) atoms. The number of ether oxygens (including phenoxy) is 1. The molecule has 178 valence electrons. The van der Waals surface area contributed by atoms with Crippen LogP contribution in [0.2, 0.25) is 5.02 Å². The van der Waals surface area contributed by atoms with E-state index in [1.54, 1.807) is 18.6 Å². The zero-order valence-electron chi connectivity index (χ0n) is 18.6. The summed E-state index contributed by atoms with van der Waals surface area (Å²) in [6, 6.07) is 3.22. The van der Waals surface area contributed by atoms with Crippen molar-refractivity contribution in [3.63, 3.8) is 0 Å². The van der Waals surface area contributed by atoms with Gasteiger partial charge < -0.3 is 15.5 Å². The second-order valence-electron chi connectivity index (χ2n) is 8.66. The fourth-order valence-corrected chi connectivity index (χ4v) is 5.01. The van der Waals surface area contributed by atoms with Gasteiger partial charge in [-0.2, -0.15) is 5.10 Å². The van der Waals surface area contributed by atoms with Crippen LogP contribution in [0.15, 0.2) is 36.9 Å². The number of nitrogens with two attached hydrogens (primary N) is 1. The van der Waals surface area contributed by atoms with Crippen LogP contribution in [-0.4, -0.2) is 44.6 Å². The van der Waals surface area contributed by atoms with Crippen molar-refractivity contribution in [3.8, 4) is 17.0 Å². The molecule has 0 aliphatic heterocycles. The Labute approximate surface area is 200 Å². The number of benzene rings is 1. The highest BCUT2D eigenvalue weighted by Crippen LogP contribution is 2.41. The molecule has 1 aromatic carbocycles. The minimum absolute atomic E-state index is 0.172. The van der Waals surface area contributed by atoms with E-state index in [0.29, 0.717) is 34.2 Å². The first-order valence-electron chi connectivity index (χ1n) is 11.2. The van der Waals surface area contributed by atoms with Gasteiger partial charge in [0, 0.05) is 41.0 Å². The highest BCUT2D eigenvalue weighted by atomic mass is 35.5. The number of alkyl halides is 1. The van der Waals surface area contributed by atoms with Gasteiger partial charge in [0.25, 0.3) is 0 Å². The Kier molecular flexibility index (Phi) is 6.22. The predicted octanol–water partition coefficient (Wildman–Crippen LogP) is 5.17. The van der Waals surface area contributed by atoms with Gasteiger partial charge in [-0.05, 0) is 37.8 Å². The highest BCUT2D eigenvalue weighted by molar-refractivity contribution is 6.31. The number of hydrogen-bond donors (Lipinski definition) is 2. The number of nitrogens with one attached hydrogen (secondary N) is 1. The molecule has 0 spiro atoms. The van der Waals surface area contributed by atoms with E-state index in [0.717, 1.165) is 31.2 Å². The molecule has 1 fully saturated rings. The molecule has 3 heterocycles. The summed E-state index contributed by atoms with van der Waals surface area (Å²) < 4.78 is 36.0. The maximum absolute atomic E-state index is 14.4. The van der Waals surface area contributed by atoms with Crippen LogP contribution in [0.25, 0.3) is 22.4 Å². The van der Waals surface area contributed by atoms with Gasteiger partial charge in [-0.15, -0.1) is 0 Å². The van der Waals surface area contributed by atoms with Crippen molar-refractivity contribution in [3.05, 3.63) is 58.9 Å². The van der Waals surface area contributed by atoms with Crippen molar-refractivity contribution in [1.29, 1.82) is 0 Å². The summed E-state index contributed by atoms with van der Waals surface area (Å²) in [4.78, 5) is 12.3. The summed E-state index contributed by atoms with van der Waals surface area (Å²) in [5.74, 6) is -1.22. The minimum atomic E-state index is -0.884. The third kappa shape index (κ3) is 4.03. The topological polar surface area (TPSA) is 94.6 Å². The lowest BCUT2D eigenvalue weighted by molar-refractivity contribution is 0.304. The molecule has 1 aliphatic rings.